The van der Waals surface area contributed by atoms with Gasteiger partial charge in [-0.25, -0.2) is 4.79 Å². The lowest BCUT2D eigenvalue weighted by atomic mass is 9.84. The molecule has 0 radical (unpaired) electrons. The Labute approximate surface area is 134 Å². The molecule has 0 aliphatic rings. The first kappa shape index (κ1) is 21.2. The molecule has 0 amide bonds. The van der Waals surface area contributed by atoms with Crippen molar-refractivity contribution in [3.8, 4) is 0 Å². The number of hydrogen-bond acceptors (Lipinski definition) is 8. The Hall–Kier alpha value is -1.84. The third kappa shape index (κ3) is 6.43. The van der Waals surface area contributed by atoms with Gasteiger partial charge in [0.1, 0.15) is 5.78 Å². The van der Waals surface area contributed by atoms with Crippen LogP contribution in [0.25, 0.3) is 0 Å². The third-order valence-corrected chi connectivity index (χ3v) is 3.15. The highest BCUT2D eigenvalue weighted by Crippen LogP contribution is 2.18. The lowest BCUT2D eigenvalue weighted by Crippen LogP contribution is -2.61. The minimum Gasteiger partial charge on any atom is -0.481 e. The Kier molecular flexibility index (Phi) is 8.01. The van der Waals surface area contributed by atoms with Gasteiger partial charge in [-0.05, 0) is 27.2 Å². The molecule has 0 aliphatic heterocycles. The van der Waals surface area contributed by atoms with E-state index in [4.69, 9.17) is 27.0 Å². The highest BCUT2D eigenvalue weighted by Gasteiger charge is 2.46. The number of carboxylic acids is 1. The molecule has 0 heterocycles. The maximum atomic E-state index is 12.3. The summed E-state index contributed by atoms with van der Waals surface area (Å²) in [7, 11) is 0. The van der Waals surface area contributed by atoms with E-state index in [0.717, 1.165) is 0 Å². The molecule has 9 heteroatoms. The molecule has 7 N–H and O–H groups in total. The number of rotatable bonds is 10. The minimum atomic E-state index is -2.19. The maximum Gasteiger partial charge on any atom is 0.334 e. The van der Waals surface area contributed by atoms with Gasteiger partial charge in [0.2, 0.25) is 0 Å². The SMILES string of the molecule is CC(C)OC(=O)C(N)(CCC(=O)[C@H](C)N)C(=O)[C@H](N)CC(=O)O. The van der Waals surface area contributed by atoms with E-state index < -0.39 is 53.7 Å². The molecule has 0 rings (SSSR count). The van der Waals surface area contributed by atoms with Crippen molar-refractivity contribution in [1.82, 2.24) is 0 Å². The molecule has 1 unspecified atom stereocenters. The van der Waals surface area contributed by atoms with Crippen LogP contribution in [0.5, 0.6) is 0 Å². The van der Waals surface area contributed by atoms with Crippen molar-refractivity contribution in [3.63, 3.8) is 0 Å². The predicted molar refractivity (Wildman–Crippen MR) is 81.3 cm³/mol. The number of carbonyl (C=O) groups is 4. The van der Waals surface area contributed by atoms with Gasteiger partial charge in [-0.2, -0.15) is 0 Å². The summed E-state index contributed by atoms with van der Waals surface area (Å²) in [5.74, 6) is -3.73. The molecule has 0 bridgehead atoms. The molecule has 0 saturated heterocycles. The van der Waals surface area contributed by atoms with Gasteiger partial charge in [0.15, 0.2) is 11.3 Å². The van der Waals surface area contributed by atoms with Gasteiger partial charge >= 0.3 is 11.9 Å². The van der Waals surface area contributed by atoms with E-state index in [9.17, 15) is 19.2 Å². The number of nitrogens with two attached hydrogens (primary N) is 3. The van der Waals surface area contributed by atoms with Crippen LogP contribution >= 0.6 is 0 Å². The van der Waals surface area contributed by atoms with Crippen LogP contribution in [-0.4, -0.2) is 52.3 Å². The molecule has 9 nitrogen and oxygen atoms in total. The topological polar surface area (TPSA) is 176 Å². The zero-order valence-corrected chi connectivity index (χ0v) is 13.6. The number of Topliss-reactive ketones (excluding diaryl/α,β-unsaturated/α-hetero) is 2. The molecule has 0 aromatic heterocycles. The van der Waals surface area contributed by atoms with Gasteiger partial charge in [0, 0.05) is 6.42 Å². The van der Waals surface area contributed by atoms with Gasteiger partial charge in [-0.15, -0.1) is 0 Å². The van der Waals surface area contributed by atoms with Crippen LogP contribution in [0.1, 0.15) is 40.0 Å². The van der Waals surface area contributed by atoms with Gasteiger partial charge < -0.3 is 27.0 Å². The van der Waals surface area contributed by atoms with Crippen molar-refractivity contribution >= 4 is 23.5 Å². The van der Waals surface area contributed by atoms with Crippen molar-refractivity contribution in [1.29, 1.82) is 0 Å². The zero-order chi connectivity index (χ0) is 18.4. The van der Waals surface area contributed by atoms with E-state index in [1.54, 1.807) is 13.8 Å². The summed E-state index contributed by atoms with van der Waals surface area (Å²) >= 11 is 0. The quantitative estimate of drug-likeness (QED) is 0.280. The van der Waals surface area contributed by atoms with Crippen LogP contribution in [0, 0.1) is 0 Å². The van der Waals surface area contributed by atoms with Crippen molar-refractivity contribution in [3.05, 3.63) is 0 Å². The molecular formula is C14H25N3O6. The van der Waals surface area contributed by atoms with Crippen molar-refractivity contribution in [2.24, 2.45) is 17.2 Å². The van der Waals surface area contributed by atoms with Crippen LogP contribution in [0.2, 0.25) is 0 Å². The minimum absolute atomic E-state index is 0.229. The fraction of sp³-hybridized carbons (Fsp3) is 0.714. The number of aliphatic carboxylic acids is 1. The molecule has 3 atom stereocenters. The fourth-order valence-electron chi connectivity index (χ4n) is 1.80. The van der Waals surface area contributed by atoms with Crippen molar-refractivity contribution in [2.75, 3.05) is 0 Å². The summed E-state index contributed by atoms with van der Waals surface area (Å²) < 4.78 is 4.95. The lowest BCUT2D eigenvalue weighted by Gasteiger charge is -2.29. The van der Waals surface area contributed by atoms with E-state index in [2.05, 4.69) is 0 Å². The standard InChI is InChI=1S/C14H25N3O6/c1-7(2)23-13(22)14(17,5-4-10(18)8(3)15)12(21)9(16)6-11(19)20/h7-9H,4-6,15-17H2,1-3H3,(H,19,20)/t8-,9+,14?/m0/s1. The Morgan fingerprint density at radius 2 is 1.65 bits per heavy atom. The number of carbonyl (C=O) groups excluding carboxylic acids is 3. The number of carboxylic acid groups (broad SMARTS) is 1. The normalized spacial score (nSPS) is 16.3. The summed E-state index contributed by atoms with van der Waals surface area (Å²) in [4.78, 5) is 46.8. The van der Waals surface area contributed by atoms with Crippen LogP contribution in [0.15, 0.2) is 0 Å². The zero-order valence-electron chi connectivity index (χ0n) is 13.6. The van der Waals surface area contributed by atoms with Gasteiger partial charge in [-0.1, -0.05) is 0 Å². The van der Waals surface area contributed by atoms with E-state index in [1.165, 1.54) is 6.92 Å². The highest BCUT2D eigenvalue weighted by atomic mass is 16.5. The van der Waals surface area contributed by atoms with Gasteiger partial charge in [-0.3, -0.25) is 14.4 Å². The van der Waals surface area contributed by atoms with E-state index in [0.29, 0.717) is 0 Å². The number of ketones is 2. The van der Waals surface area contributed by atoms with Crippen LogP contribution in [0.3, 0.4) is 0 Å². The predicted octanol–water partition coefficient (Wildman–Crippen LogP) is -1.30. The number of hydrogen-bond donors (Lipinski definition) is 4. The smallest absolute Gasteiger partial charge is 0.334 e. The summed E-state index contributed by atoms with van der Waals surface area (Å²) in [5, 5.41) is 8.71. The Morgan fingerprint density at radius 1 is 1.13 bits per heavy atom. The lowest BCUT2D eigenvalue weighted by molar-refractivity contribution is -0.158. The molecule has 0 saturated carbocycles. The number of esters is 1. The van der Waals surface area contributed by atoms with Crippen LogP contribution in [0.4, 0.5) is 0 Å². The molecule has 132 valence electrons. The van der Waals surface area contributed by atoms with Crippen LogP contribution in [-0.2, 0) is 23.9 Å². The average Bonchev–Trinajstić information content (AvgIpc) is 2.41. The van der Waals surface area contributed by atoms with Crippen molar-refractivity contribution in [2.45, 2.75) is 63.8 Å². The summed E-state index contributed by atoms with van der Waals surface area (Å²) in [6, 6.07) is -2.26. The monoisotopic (exact) mass is 331 g/mol. The van der Waals surface area contributed by atoms with E-state index >= 15 is 0 Å². The second-order valence-electron chi connectivity index (χ2n) is 5.75. The van der Waals surface area contributed by atoms with Gasteiger partial charge in [0.25, 0.3) is 0 Å². The molecule has 0 aliphatic carbocycles. The Bertz CT molecular complexity index is 477. The summed E-state index contributed by atoms with van der Waals surface area (Å²) in [6.07, 6.45) is -1.82. The Balaban J connectivity index is 5.35. The van der Waals surface area contributed by atoms with E-state index in [-0.39, 0.29) is 12.8 Å². The molecule has 23 heavy (non-hydrogen) atoms. The largest absolute Gasteiger partial charge is 0.481 e. The molecule has 0 aromatic rings. The average molecular weight is 331 g/mol. The highest BCUT2D eigenvalue weighted by molar-refractivity contribution is 6.11. The third-order valence-electron chi connectivity index (χ3n) is 3.15. The second-order valence-corrected chi connectivity index (χ2v) is 5.75. The van der Waals surface area contributed by atoms with Crippen molar-refractivity contribution < 1.29 is 29.0 Å². The van der Waals surface area contributed by atoms with Gasteiger partial charge in [0.05, 0.1) is 24.6 Å². The van der Waals surface area contributed by atoms with Crippen LogP contribution < -0.4 is 17.2 Å². The molecule has 0 aromatic carbocycles. The summed E-state index contributed by atoms with van der Waals surface area (Å²) in [6.45, 7) is 4.59. The first-order valence-corrected chi connectivity index (χ1v) is 7.21. The first-order valence-electron chi connectivity index (χ1n) is 7.21. The second kappa shape index (κ2) is 8.70. The first-order chi connectivity index (χ1) is 10.4. The molecule has 0 fully saturated rings. The van der Waals surface area contributed by atoms with E-state index in [1.807, 2.05) is 0 Å². The summed E-state index contributed by atoms with van der Waals surface area (Å²) in [5.41, 5.74) is 14.6. The molecular weight excluding hydrogens is 306 g/mol. The maximum absolute atomic E-state index is 12.3. The Morgan fingerprint density at radius 3 is 2.04 bits per heavy atom. The fourth-order valence-corrected chi connectivity index (χ4v) is 1.80. The number of ether oxygens (including phenoxy) is 1. The molecule has 0 spiro atoms.